The van der Waals surface area contributed by atoms with Gasteiger partial charge in [0.1, 0.15) is 5.75 Å². The van der Waals surface area contributed by atoms with E-state index in [0.29, 0.717) is 5.75 Å². The largest absolute Gasteiger partial charge is 0.454 e. The number of rotatable bonds is 4. The van der Waals surface area contributed by atoms with Crippen molar-refractivity contribution in [2.45, 2.75) is 19.4 Å². The van der Waals surface area contributed by atoms with Crippen LogP contribution < -0.4 is 10.5 Å². The van der Waals surface area contributed by atoms with Crippen LogP contribution in [-0.4, -0.2) is 0 Å². The van der Waals surface area contributed by atoms with Gasteiger partial charge >= 0.3 is 0 Å². The van der Waals surface area contributed by atoms with E-state index in [1.54, 1.807) is 6.07 Å². The Labute approximate surface area is 117 Å². The van der Waals surface area contributed by atoms with Crippen molar-refractivity contribution in [3.8, 4) is 17.6 Å². The number of para-hydroxylation sites is 1. The van der Waals surface area contributed by atoms with E-state index in [1.165, 1.54) is 12.1 Å². The van der Waals surface area contributed by atoms with E-state index < -0.39 is 5.82 Å². The van der Waals surface area contributed by atoms with Crippen LogP contribution in [0.5, 0.6) is 11.5 Å². The minimum absolute atomic E-state index is 0.0831. The Morgan fingerprint density at radius 2 is 2.00 bits per heavy atom. The zero-order valence-corrected chi connectivity index (χ0v) is 11.1. The Bertz CT molecular complexity index is 649. The third kappa shape index (κ3) is 2.95. The second-order valence-electron chi connectivity index (χ2n) is 4.41. The Morgan fingerprint density at radius 1 is 1.25 bits per heavy atom. The first kappa shape index (κ1) is 14.0. The van der Waals surface area contributed by atoms with E-state index >= 15 is 0 Å². The van der Waals surface area contributed by atoms with Crippen LogP contribution in [0.4, 0.5) is 4.39 Å². The van der Waals surface area contributed by atoms with E-state index in [4.69, 9.17) is 15.7 Å². The molecule has 0 amide bonds. The summed E-state index contributed by atoms with van der Waals surface area (Å²) in [7, 11) is 0. The summed E-state index contributed by atoms with van der Waals surface area (Å²) in [4.78, 5) is 0. The zero-order chi connectivity index (χ0) is 14.5. The summed E-state index contributed by atoms with van der Waals surface area (Å²) in [6, 6.07) is 13.1. The Kier molecular flexibility index (Phi) is 4.34. The number of benzene rings is 2. The molecule has 0 aromatic heterocycles. The lowest BCUT2D eigenvalue weighted by Gasteiger charge is -2.15. The molecule has 1 atom stereocenters. The minimum Gasteiger partial charge on any atom is -0.454 e. The molecular weight excluding hydrogens is 255 g/mol. The minimum atomic E-state index is -0.566. The smallest absolute Gasteiger partial charge is 0.167 e. The standard InChI is InChI=1S/C16H15FN2O/c1-2-14(19)12-5-3-4-6-15(12)20-16-8-7-11(10-18)9-13(16)17/h3-9,14H,2,19H2,1H3/t14-/m1/s1. The molecule has 0 unspecified atom stereocenters. The lowest BCUT2D eigenvalue weighted by molar-refractivity contribution is 0.433. The first-order valence-corrected chi connectivity index (χ1v) is 6.37. The van der Waals surface area contributed by atoms with E-state index in [2.05, 4.69) is 0 Å². The fourth-order valence-electron chi connectivity index (χ4n) is 1.87. The quantitative estimate of drug-likeness (QED) is 0.916. The fraction of sp³-hybridized carbons (Fsp3) is 0.188. The number of hydrogen-bond acceptors (Lipinski definition) is 3. The van der Waals surface area contributed by atoms with E-state index in [0.717, 1.165) is 18.1 Å². The number of nitrogens with two attached hydrogens (primary N) is 1. The highest BCUT2D eigenvalue weighted by Gasteiger charge is 2.12. The van der Waals surface area contributed by atoms with Crippen molar-refractivity contribution in [3.05, 3.63) is 59.4 Å². The summed E-state index contributed by atoms with van der Waals surface area (Å²) in [5.41, 5.74) is 7.11. The molecule has 0 aliphatic carbocycles. The van der Waals surface area contributed by atoms with Crippen LogP contribution in [0, 0.1) is 17.1 Å². The lowest BCUT2D eigenvalue weighted by atomic mass is 10.0. The average Bonchev–Trinajstić information content (AvgIpc) is 2.49. The van der Waals surface area contributed by atoms with Gasteiger partial charge in [-0.05, 0) is 30.7 Å². The molecule has 0 bridgehead atoms. The third-order valence-corrected chi connectivity index (χ3v) is 3.04. The summed E-state index contributed by atoms with van der Waals surface area (Å²) in [5.74, 6) is 0.0501. The highest BCUT2D eigenvalue weighted by atomic mass is 19.1. The Balaban J connectivity index is 2.33. The number of ether oxygens (including phenoxy) is 1. The van der Waals surface area contributed by atoms with Gasteiger partial charge in [-0.3, -0.25) is 0 Å². The molecule has 0 radical (unpaired) electrons. The van der Waals surface area contributed by atoms with Crippen molar-refractivity contribution in [1.29, 1.82) is 5.26 Å². The topological polar surface area (TPSA) is 59.0 Å². The molecule has 2 aromatic carbocycles. The van der Waals surface area contributed by atoms with Gasteiger partial charge in [-0.25, -0.2) is 4.39 Å². The van der Waals surface area contributed by atoms with Crippen molar-refractivity contribution < 1.29 is 9.13 Å². The molecule has 0 spiro atoms. The summed E-state index contributed by atoms with van der Waals surface area (Å²) < 4.78 is 19.4. The summed E-state index contributed by atoms with van der Waals surface area (Å²) in [6.07, 6.45) is 0.760. The third-order valence-electron chi connectivity index (χ3n) is 3.04. The predicted molar refractivity (Wildman–Crippen MR) is 74.9 cm³/mol. The molecule has 20 heavy (non-hydrogen) atoms. The maximum absolute atomic E-state index is 13.8. The highest BCUT2D eigenvalue weighted by Crippen LogP contribution is 2.31. The molecule has 2 aromatic rings. The number of hydrogen-bond donors (Lipinski definition) is 1. The van der Waals surface area contributed by atoms with Crippen LogP contribution in [0.25, 0.3) is 0 Å². The zero-order valence-electron chi connectivity index (χ0n) is 11.1. The van der Waals surface area contributed by atoms with Crippen LogP contribution in [-0.2, 0) is 0 Å². The maximum Gasteiger partial charge on any atom is 0.167 e. The molecule has 0 aliphatic heterocycles. The van der Waals surface area contributed by atoms with E-state index in [9.17, 15) is 4.39 Å². The first-order valence-electron chi connectivity index (χ1n) is 6.37. The van der Waals surface area contributed by atoms with Gasteiger partial charge in [0, 0.05) is 11.6 Å². The van der Waals surface area contributed by atoms with Gasteiger partial charge in [0.25, 0.3) is 0 Å². The SMILES string of the molecule is CC[C@@H](N)c1ccccc1Oc1ccc(C#N)cc1F. The van der Waals surface area contributed by atoms with E-state index in [1.807, 2.05) is 31.2 Å². The molecule has 0 saturated carbocycles. The molecule has 3 nitrogen and oxygen atoms in total. The van der Waals surface area contributed by atoms with E-state index in [-0.39, 0.29) is 17.4 Å². The maximum atomic E-state index is 13.8. The highest BCUT2D eigenvalue weighted by molar-refractivity contribution is 5.42. The summed E-state index contributed by atoms with van der Waals surface area (Å²) >= 11 is 0. The monoisotopic (exact) mass is 270 g/mol. The van der Waals surface area contributed by atoms with Crippen molar-refractivity contribution in [2.24, 2.45) is 5.73 Å². The predicted octanol–water partition coefficient (Wildman–Crippen LogP) is 3.90. The van der Waals surface area contributed by atoms with Crippen LogP contribution in [0.15, 0.2) is 42.5 Å². The second kappa shape index (κ2) is 6.18. The Morgan fingerprint density at radius 3 is 2.65 bits per heavy atom. The second-order valence-corrected chi connectivity index (χ2v) is 4.41. The number of nitriles is 1. The normalized spacial score (nSPS) is 11.7. The molecule has 0 saturated heterocycles. The summed E-state index contributed by atoms with van der Waals surface area (Å²) in [6.45, 7) is 1.98. The van der Waals surface area contributed by atoms with Crippen molar-refractivity contribution in [2.75, 3.05) is 0 Å². The first-order chi connectivity index (χ1) is 9.65. The van der Waals surface area contributed by atoms with Crippen LogP contribution >= 0.6 is 0 Å². The Hall–Kier alpha value is -2.38. The molecule has 4 heteroatoms. The van der Waals surface area contributed by atoms with Gasteiger partial charge in [0.15, 0.2) is 11.6 Å². The van der Waals surface area contributed by atoms with Crippen LogP contribution in [0.1, 0.15) is 30.5 Å². The molecule has 0 fully saturated rings. The van der Waals surface area contributed by atoms with Crippen molar-refractivity contribution in [3.63, 3.8) is 0 Å². The molecule has 0 aliphatic rings. The van der Waals surface area contributed by atoms with Gasteiger partial charge in [0.2, 0.25) is 0 Å². The average molecular weight is 270 g/mol. The lowest BCUT2D eigenvalue weighted by Crippen LogP contribution is -2.09. The van der Waals surface area contributed by atoms with Gasteiger partial charge in [-0.2, -0.15) is 5.26 Å². The van der Waals surface area contributed by atoms with Gasteiger partial charge in [0.05, 0.1) is 11.6 Å². The summed E-state index contributed by atoms with van der Waals surface area (Å²) in [5, 5.41) is 8.72. The molecule has 2 rings (SSSR count). The van der Waals surface area contributed by atoms with Crippen molar-refractivity contribution in [1.82, 2.24) is 0 Å². The van der Waals surface area contributed by atoms with Gasteiger partial charge < -0.3 is 10.5 Å². The molecular formula is C16H15FN2O. The van der Waals surface area contributed by atoms with Crippen LogP contribution in [0.3, 0.4) is 0 Å². The van der Waals surface area contributed by atoms with Crippen molar-refractivity contribution >= 4 is 0 Å². The molecule has 102 valence electrons. The molecule has 0 heterocycles. The van der Waals surface area contributed by atoms with Gasteiger partial charge in [-0.1, -0.05) is 25.1 Å². The molecule has 2 N–H and O–H groups in total. The fourth-order valence-corrected chi connectivity index (χ4v) is 1.87. The van der Waals surface area contributed by atoms with Crippen LogP contribution in [0.2, 0.25) is 0 Å². The number of nitrogens with zero attached hydrogens (tertiary/aromatic N) is 1. The van der Waals surface area contributed by atoms with Gasteiger partial charge in [-0.15, -0.1) is 0 Å². The number of halogens is 1.